The number of imidazole rings is 1. The molecule has 5 heteroatoms. The number of methoxy groups -OCH3 is 1. The molecule has 0 atom stereocenters. The van der Waals surface area contributed by atoms with Crippen molar-refractivity contribution in [3.8, 4) is 0 Å². The zero-order valence-electron chi connectivity index (χ0n) is 13.1. The van der Waals surface area contributed by atoms with Crippen LogP contribution < -0.4 is 0 Å². The molecular weight excluding hydrogens is 268 g/mol. The lowest BCUT2D eigenvalue weighted by Gasteiger charge is -2.08. The summed E-state index contributed by atoms with van der Waals surface area (Å²) in [5, 5.41) is 0. The summed E-state index contributed by atoms with van der Waals surface area (Å²) in [5.41, 5.74) is 4.77. The predicted molar refractivity (Wildman–Crippen MR) is 82.7 cm³/mol. The Morgan fingerprint density at radius 1 is 0.952 bits per heavy atom. The monoisotopic (exact) mass is 292 g/mol. The molecule has 0 aliphatic rings. The third kappa shape index (κ3) is 4.52. The van der Waals surface area contributed by atoms with E-state index in [1.165, 1.54) is 11.1 Å². The van der Waals surface area contributed by atoms with Crippen molar-refractivity contribution in [3.05, 3.63) is 29.6 Å². The van der Waals surface area contributed by atoms with Gasteiger partial charge in [0.05, 0.1) is 50.4 Å². The average Bonchev–Trinajstić information content (AvgIpc) is 2.85. The molecule has 0 N–H and O–H groups in total. The highest BCUT2D eigenvalue weighted by molar-refractivity contribution is 5.77. The molecule has 2 aromatic rings. The number of fused-ring (bicyclic) bond motifs is 1. The summed E-state index contributed by atoms with van der Waals surface area (Å²) in [7, 11) is 1.67. The van der Waals surface area contributed by atoms with Gasteiger partial charge in [-0.3, -0.25) is 0 Å². The van der Waals surface area contributed by atoms with E-state index < -0.39 is 0 Å². The fraction of sp³-hybridized carbons (Fsp3) is 0.562. The van der Waals surface area contributed by atoms with Gasteiger partial charge in [-0.1, -0.05) is 0 Å². The third-order valence-electron chi connectivity index (χ3n) is 3.52. The number of aryl methyl sites for hydroxylation is 2. The molecule has 0 amide bonds. The minimum atomic E-state index is 0.604. The molecule has 0 aliphatic heterocycles. The molecule has 5 nitrogen and oxygen atoms in total. The fourth-order valence-electron chi connectivity index (χ4n) is 2.12. The minimum Gasteiger partial charge on any atom is -0.382 e. The quantitative estimate of drug-likeness (QED) is 0.665. The van der Waals surface area contributed by atoms with Crippen molar-refractivity contribution in [3.63, 3.8) is 0 Å². The zero-order valence-corrected chi connectivity index (χ0v) is 13.1. The van der Waals surface area contributed by atoms with Crippen molar-refractivity contribution in [2.45, 2.75) is 20.4 Å². The largest absolute Gasteiger partial charge is 0.382 e. The van der Waals surface area contributed by atoms with Gasteiger partial charge in [-0.2, -0.15) is 0 Å². The second-order valence-electron chi connectivity index (χ2n) is 5.08. The normalized spacial score (nSPS) is 11.4. The van der Waals surface area contributed by atoms with Crippen LogP contribution in [0, 0.1) is 13.8 Å². The summed E-state index contributed by atoms with van der Waals surface area (Å²) in [6, 6.07) is 4.32. The number of ether oxygens (including phenoxy) is 3. The molecule has 1 heterocycles. The maximum Gasteiger partial charge on any atom is 0.0959 e. The standard InChI is InChI=1S/C16H24N2O3/c1-13-10-15-16(11-14(13)2)18(12-17-15)4-5-20-8-9-21-7-6-19-3/h10-12H,4-9H2,1-3H3. The summed E-state index contributed by atoms with van der Waals surface area (Å²) in [5.74, 6) is 0. The van der Waals surface area contributed by atoms with E-state index in [0.717, 1.165) is 17.6 Å². The van der Waals surface area contributed by atoms with Crippen molar-refractivity contribution >= 4 is 11.0 Å². The Morgan fingerprint density at radius 2 is 1.62 bits per heavy atom. The van der Waals surface area contributed by atoms with E-state index in [0.29, 0.717) is 33.0 Å². The van der Waals surface area contributed by atoms with Crippen molar-refractivity contribution in [1.82, 2.24) is 9.55 Å². The molecule has 116 valence electrons. The van der Waals surface area contributed by atoms with Crippen molar-refractivity contribution in [2.75, 3.05) is 40.1 Å². The zero-order chi connectivity index (χ0) is 15.1. The summed E-state index contributed by atoms with van der Waals surface area (Å²) in [6.45, 7) is 8.15. The van der Waals surface area contributed by atoms with E-state index >= 15 is 0 Å². The van der Waals surface area contributed by atoms with Crippen molar-refractivity contribution in [1.29, 1.82) is 0 Å². The van der Waals surface area contributed by atoms with Gasteiger partial charge in [-0.25, -0.2) is 4.98 Å². The molecule has 0 saturated carbocycles. The molecule has 0 fully saturated rings. The first kappa shape index (κ1) is 15.9. The Morgan fingerprint density at radius 3 is 2.38 bits per heavy atom. The van der Waals surface area contributed by atoms with Gasteiger partial charge in [0, 0.05) is 13.7 Å². The first-order valence-corrected chi connectivity index (χ1v) is 7.29. The number of hydrogen-bond donors (Lipinski definition) is 0. The highest BCUT2D eigenvalue weighted by atomic mass is 16.5. The fourth-order valence-corrected chi connectivity index (χ4v) is 2.12. The van der Waals surface area contributed by atoms with E-state index in [1.54, 1.807) is 7.11 Å². The minimum absolute atomic E-state index is 0.604. The van der Waals surface area contributed by atoms with Crippen LogP contribution in [-0.2, 0) is 20.8 Å². The lowest BCUT2D eigenvalue weighted by molar-refractivity contribution is 0.0232. The molecule has 0 radical (unpaired) electrons. The van der Waals surface area contributed by atoms with Gasteiger partial charge in [0.1, 0.15) is 0 Å². The topological polar surface area (TPSA) is 45.5 Å². The van der Waals surface area contributed by atoms with Crippen LogP contribution in [0.2, 0.25) is 0 Å². The van der Waals surface area contributed by atoms with E-state index in [4.69, 9.17) is 14.2 Å². The van der Waals surface area contributed by atoms with Gasteiger partial charge < -0.3 is 18.8 Å². The lowest BCUT2D eigenvalue weighted by atomic mass is 10.1. The molecule has 21 heavy (non-hydrogen) atoms. The summed E-state index contributed by atoms with van der Waals surface area (Å²) in [6.07, 6.45) is 1.88. The Hall–Kier alpha value is -1.43. The van der Waals surface area contributed by atoms with Crippen molar-refractivity contribution in [2.24, 2.45) is 0 Å². The average molecular weight is 292 g/mol. The summed E-state index contributed by atoms with van der Waals surface area (Å²) in [4.78, 5) is 4.44. The van der Waals surface area contributed by atoms with Crippen LogP contribution in [0.3, 0.4) is 0 Å². The van der Waals surface area contributed by atoms with Crippen molar-refractivity contribution < 1.29 is 14.2 Å². The molecule has 0 saturated heterocycles. The molecular formula is C16H24N2O3. The second kappa shape index (κ2) is 8.12. The summed E-state index contributed by atoms with van der Waals surface area (Å²) < 4.78 is 18.0. The van der Waals surface area contributed by atoms with E-state index in [9.17, 15) is 0 Å². The van der Waals surface area contributed by atoms with Gasteiger partial charge in [-0.15, -0.1) is 0 Å². The Bertz CT molecular complexity index is 566. The Kier molecular flexibility index (Phi) is 6.17. The van der Waals surface area contributed by atoms with Gasteiger partial charge in [-0.05, 0) is 37.1 Å². The van der Waals surface area contributed by atoms with E-state index in [1.807, 2.05) is 6.33 Å². The highest BCUT2D eigenvalue weighted by Gasteiger charge is 2.04. The van der Waals surface area contributed by atoms with Gasteiger partial charge in [0.2, 0.25) is 0 Å². The van der Waals surface area contributed by atoms with E-state index in [2.05, 4.69) is 35.5 Å². The van der Waals surface area contributed by atoms with Crippen LogP contribution >= 0.6 is 0 Å². The predicted octanol–water partition coefficient (Wildman–Crippen LogP) is 2.33. The van der Waals surface area contributed by atoms with Crippen LogP contribution in [0.4, 0.5) is 0 Å². The molecule has 1 aromatic heterocycles. The highest BCUT2D eigenvalue weighted by Crippen LogP contribution is 2.18. The second-order valence-corrected chi connectivity index (χ2v) is 5.08. The maximum absolute atomic E-state index is 5.58. The number of benzene rings is 1. The maximum atomic E-state index is 5.58. The molecule has 0 spiro atoms. The molecule has 0 bridgehead atoms. The smallest absolute Gasteiger partial charge is 0.0959 e. The molecule has 2 rings (SSSR count). The first-order chi connectivity index (χ1) is 10.2. The number of aromatic nitrogens is 2. The van der Waals surface area contributed by atoms with Crippen LogP contribution in [-0.4, -0.2) is 49.7 Å². The SMILES string of the molecule is COCCOCCOCCn1cnc2cc(C)c(C)cc21. The molecule has 1 aromatic carbocycles. The van der Waals surface area contributed by atoms with Gasteiger partial charge in [0.25, 0.3) is 0 Å². The Labute approximate surface area is 125 Å². The number of hydrogen-bond acceptors (Lipinski definition) is 4. The summed E-state index contributed by atoms with van der Waals surface area (Å²) >= 11 is 0. The van der Waals surface area contributed by atoms with Gasteiger partial charge in [0.15, 0.2) is 0 Å². The van der Waals surface area contributed by atoms with Gasteiger partial charge >= 0.3 is 0 Å². The first-order valence-electron chi connectivity index (χ1n) is 7.29. The molecule has 0 unspecified atom stereocenters. The van der Waals surface area contributed by atoms with E-state index in [-0.39, 0.29) is 0 Å². The number of nitrogens with zero attached hydrogens (tertiary/aromatic N) is 2. The lowest BCUT2D eigenvalue weighted by Crippen LogP contribution is -2.11. The number of rotatable bonds is 9. The molecule has 0 aliphatic carbocycles. The van der Waals surface area contributed by atoms with Crippen LogP contribution in [0.5, 0.6) is 0 Å². The van der Waals surface area contributed by atoms with Crippen LogP contribution in [0.25, 0.3) is 11.0 Å². The third-order valence-corrected chi connectivity index (χ3v) is 3.52. The van der Waals surface area contributed by atoms with Crippen LogP contribution in [0.15, 0.2) is 18.5 Å². The Balaban J connectivity index is 1.75. The van der Waals surface area contributed by atoms with Crippen LogP contribution in [0.1, 0.15) is 11.1 Å².